The molecule has 0 saturated heterocycles. The van der Waals surface area contributed by atoms with Crippen molar-refractivity contribution >= 4 is 68.0 Å². The maximum Gasteiger partial charge on any atom is 0.153 e. The molecule has 0 aromatic rings. The summed E-state index contributed by atoms with van der Waals surface area (Å²) in [6, 6.07) is 0. The average Bonchev–Trinajstić information content (AvgIpc) is 3.24. The summed E-state index contributed by atoms with van der Waals surface area (Å²) in [5.74, 6) is 0. The number of hydrogen-bond donors (Lipinski definition) is 2. The standard InChI is InChI=1S/2C7H12N2S2.Pt/c2*1-11-7(10)9-8-6-4-2-3-5-6;/h2*2-5H2,1H3,(H,9,10);. The summed E-state index contributed by atoms with van der Waals surface area (Å²) in [6.45, 7) is 0. The molecule has 23 heavy (non-hydrogen) atoms. The van der Waals surface area contributed by atoms with E-state index in [1.54, 1.807) is 0 Å². The Morgan fingerprint density at radius 1 is 0.783 bits per heavy atom. The number of hydrazone groups is 2. The van der Waals surface area contributed by atoms with Gasteiger partial charge in [0.25, 0.3) is 0 Å². The third-order valence-electron chi connectivity index (χ3n) is 3.34. The van der Waals surface area contributed by atoms with Gasteiger partial charge in [0.15, 0.2) is 8.64 Å². The molecule has 2 rings (SSSR count). The summed E-state index contributed by atoms with van der Waals surface area (Å²) in [6.07, 6.45) is 13.6. The number of hydrogen-bond acceptors (Lipinski definition) is 6. The first-order valence-corrected chi connectivity index (χ1v) is 10.7. The van der Waals surface area contributed by atoms with E-state index in [1.165, 1.54) is 60.6 Å². The molecule has 9 heteroatoms. The Morgan fingerprint density at radius 2 is 1.09 bits per heavy atom. The normalized spacial score (nSPS) is 15.9. The van der Waals surface area contributed by atoms with Gasteiger partial charge in [-0.05, 0) is 63.9 Å². The van der Waals surface area contributed by atoms with E-state index in [4.69, 9.17) is 24.4 Å². The van der Waals surface area contributed by atoms with Gasteiger partial charge < -0.3 is 0 Å². The van der Waals surface area contributed by atoms with Crippen molar-refractivity contribution in [2.24, 2.45) is 10.2 Å². The molecule has 0 bridgehead atoms. The molecule has 2 fully saturated rings. The van der Waals surface area contributed by atoms with Crippen LogP contribution in [0.4, 0.5) is 0 Å². The minimum atomic E-state index is 0. The molecule has 0 unspecified atom stereocenters. The fourth-order valence-electron chi connectivity index (χ4n) is 2.13. The molecular formula is C14H24N4PtS4. The van der Waals surface area contributed by atoms with E-state index in [-0.39, 0.29) is 21.1 Å². The zero-order chi connectivity index (χ0) is 16.2. The van der Waals surface area contributed by atoms with Crippen molar-refractivity contribution in [2.75, 3.05) is 12.5 Å². The van der Waals surface area contributed by atoms with Gasteiger partial charge in [-0.2, -0.15) is 10.2 Å². The summed E-state index contributed by atoms with van der Waals surface area (Å²) >= 11 is 12.9. The van der Waals surface area contributed by atoms with Crippen molar-refractivity contribution in [3.05, 3.63) is 0 Å². The van der Waals surface area contributed by atoms with Crippen molar-refractivity contribution in [1.82, 2.24) is 10.9 Å². The van der Waals surface area contributed by atoms with Crippen LogP contribution in [0.2, 0.25) is 0 Å². The maximum atomic E-state index is 4.93. The van der Waals surface area contributed by atoms with Gasteiger partial charge in [-0.15, -0.1) is 0 Å². The molecule has 0 heterocycles. The van der Waals surface area contributed by atoms with Gasteiger partial charge in [-0.3, -0.25) is 10.9 Å². The minimum Gasteiger partial charge on any atom is -0.262 e. The first kappa shape index (κ1) is 23.5. The molecule has 0 radical (unpaired) electrons. The van der Waals surface area contributed by atoms with Crippen molar-refractivity contribution in [3.63, 3.8) is 0 Å². The number of thiocarbonyl (C=S) groups is 2. The minimum absolute atomic E-state index is 0. The fourth-order valence-corrected chi connectivity index (χ4v) is 2.50. The third-order valence-corrected chi connectivity index (χ3v) is 5.45. The van der Waals surface area contributed by atoms with E-state index in [0.29, 0.717) is 0 Å². The zero-order valence-corrected chi connectivity index (χ0v) is 19.0. The van der Waals surface area contributed by atoms with Crippen LogP contribution in [0.3, 0.4) is 0 Å². The molecule has 2 aliphatic carbocycles. The molecular weight excluding hydrogens is 548 g/mol. The predicted octanol–water partition coefficient (Wildman–Crippen LogP) is 4.31. The topological polar surface area (TPSA) is 48.8 Å². The van der Waals surface area contributed by atoms with Crippen LogP contribution in [0.5, 0.6) is 0 Å². The number of thioether (sulfide) groups is 2. The SMILES string of the molecule is CSC(=S)NN=C1CCCC1.CSC(=S)NN=C1CCCC1.[Pt]. The largest absolute Gasteiger partial charge is 0.262 e. The van der Waals surface area contributed by atoms with Gasteiger partial charge >= 0.3 is 0 Å². The number of nitrogens with zero attached hydrogens (tertiary/aromatic N) is 2. The first-order chi connectivity index (χ1) is 10.7. The quantitative estimate of drug-likeness (QED) is 0.381. The van der Waals surface area contributed by atoms with E-state index in [2.05, 4.69) is 21.1 Å². The molecule has 134 valence electrons. The average molecular weight is 572 g/mol. The van der Waals surface area contributed by atoms with Crippen LogP contribution in [-0.2, 0) is 21.1 Å². The first-order valence-electron chi connectivity index (χ1n) is 7.44. The van der Waals surface area contributed by atoms with Crippen molar-refractivity contribution in [3.8, 4) is 0 Å². The molecule has 4 nitrogen and oxygen atoms in total. The van der Waals surface area contributed by atoms with Gasteiger partial charge in [0, 0.05) is 32.5 Å². The smallest absolute Gasteiger partial charge is 0.153 e. The maximum absolute atomic E-state index is 4.93. The Labute approximate surface area is 173 Å². The number of rotatable bonds is 2. The summed E-state index contributed by atoms with van der Waals surface area (Å²) in [5, 5.41) is 8.40. The van der Waals surface area contributed by atoms with Crippen LogP contribution in [-0.4, -0.2) is 32.6 Å². The second-order valence-electron chi connectivity index (χ2n) is 4.98. The monoisotopic (exact) mass is 571 g/mol. The van der Waals surface area contributed by atoms with Crippen LogP contribution in [0.25, 0.3) is 0 Å². The Balaban J connectivity index is 0.000000403. The molecule has 0 spiro atoms. The van der Waals surface area contributed by atoms with Crippen LogP contribution in [0.15, 0.2) is 10.2 Å². The summed E-state index contributed by atoms with van der Waals surface area (Å²) < 4.78 is 1.51. The Morgan fingerprint density at radius 3 is 1.35 bits per heavy atom. The van der Waals surface area contributed by atoms with Crippen LogP contribution in [0, 0.1) is 0 Å². The van der Waals surface area contributed by atoms with Crippen LogP contribution in [0.1, 0.15) is 51.4 Å². The molecule has 0 aromatic carbocycles. The Kier molecular flexibility index (Phi) is 15.1. The Hall–Kier alpha value is 0.508. The van der Waals surface area contributed by atoms with Crippen LogP contribution < -0.4 is 10.9 Å². The van der Waals surface area contributed by atoms with E-state index in [1.807, 2.05) is 12.5 Å². The van der Waals surface area contributed by atoms with E-state index >= 15 is 0 Å². The summed E-state index contributed by atoms with van der Waals surface area (Å²) in [4.78, 5) is 0. The van der Waals surface area contributed by atoms with Gasteiger partial charge in [0.2, 0.25) is 0 Å². The van der Waals surface area contributed by atoms with Gasteiger partial charge in [0.05, 0.1) is 0 Å². The van der Waals surface area contributed by atoms with Crippen molar-refractivity contribution < 1.29 is 21.1 Å². The molecule has 0 amide bonds. The Bertz CT molecular complexity index is 384. The predicted molar refractivity (Wildman–Crippen MR) is 110 cm³/mol. The molecule has 0 aliphatic heterocycles. The van der Waals surface area contributed by atoms with Crippen molar-refractivity contribution in [2.45, 2.75) is 51.4 Å². The molecule has 2 saturated carbocycles. The molecule has 0 atom stereocenters. The molecule has 2 aliphatic rings. The molecule has 2 N–H and O–H groups in total. The summed E-state index contributed by atoms with van der Waals surface area (Å²) in [7, 11) is 0. The van der Waals surface area contributed by atoms with E-state index in [9.17, 15) is 0 Å². The van der Waals surface area contributed by atoms with Crippen molar-refractivity contribution in [1.29, 1.82) is 0 Å². The molecule has 0 aromatic heterocycles. The fraction of sp³-hybridized carbons (Fsp3) is 0.714. The summed E-state index contributed by atoms with van der Waals surface area (Å²) in [5.41, 5.74) is 8.24. The van der Waals surface area contributed by atoms with Gasteiger partial charge in [0.1, 0.15) is 0 Å². The zero-order valence-electron chi connectivity index (χ0n) is 13.5. The van der Waals surface area contributed by atoms with Gasteiger partial charge in [-0.25, -0.2) is 0 Å². The van der Waals surface area contributed by atoms with Crippen LogP contribution >= 0.6 is 48.0 Å². The second-order valence-corrected chi connectivity index (χ2v) is 7.94. The van der Waals surface area contributed by atoms with E-state index in [0.717, 1.165) is 34.3 Å². The van der Waals surface area contributed by atoms with E-state index < -0.39 is 0 Å². The third kappa shape index (κ3) is 11.6. The van der Waals surface area contributed by atoms with Gasteiger partial charge in [-0.1, -0.05) is 48.0 Å². The second kappa shape index (κ2) is 14.8. The number of nitrogens with one attached hydrogen (secondary N) is 2.